The molecule has 1 aliphatic carbocycles. The third kappa shape index (κ3) is 4.75. The van der Waals surface area contributed by atoms with Crippen molar-refractivity contribution in [1.29, 1.82) is 0 Å². The summed E-state index contributed by atoms with van der Waals surface area (Å²) in [6.07, 6.45) is 2.98. The largest absolute Gasteiger partial charge is 0.497 e. The van der Waals surface area contributed by atoms with Crippen LogP contribution in [-0.2, 0) is 4.79 Å². The van der Waals surface area contributed by atoms with Gasteiger partial charge in [-0.05, 0) is 49.1 Å². The second-order valence-corrected chi connectivity index (χ2v) is 7.42. The molecule has 1 N–H and O–H groups in total. The Labute approximate surface area is 170 Å². The maximum atomic E-state index is 14.3. The summed E-state index contributed by atoms with van der Waals surface area (Å²) in [7, 11) is 3.30. The molecule has 0 aromatic heterocycles. The molecule has 0 radical (unpaired) electrons. The van der Waals surface area contributed by atoms with Crippen LogP contribution in [0.1, 0.15) is 43.0 Å². The van der Waals surface area contributed by atoms with Crippen molar-refractivity contribution in [3.63, 3.8) is 0 Å². The molecule has 0 spiro atoms. The predicted octanol–water partition coefficient (Wildman–Crippen LogP) is 4.02. The normalized spacial score (nSPS) is 18.3. The van der Waals surface area contributed by atoms with E-state index in [1.165, 1.54) is 13.2 Å². The molecule has 29 heavy (non-hydrogen) atoms. The van der Waals surface area contributed by atoms with Crippen LogP contribution in [0.5, 0.6) is 5.75 Å². The monoisotopic (exact) mass is 398 g/mol. The van der Waals surface area contributed by atoms with Gasteiger partial charge in [0.2, 0.25) is 5.91 Å². The molecule has 1 aliphatic rings. The molecule has 2 unspecified atom stereocenters. The van der Waals surface area contributed by atoms with Gasteiger partial charge < -0.3 is 15.0 Å². The number of benzene rings is 2. The lowest BCUT2D eigenvalue weighted by Gasteiger charge is -2.25. The minimum absolute atomic E-state index is 0.0472. The average Bonchev–Trinajstić information content (AvgIpc) is 3.21. The molecule has 0 bridgehead atoms. The first kappa shape index (κ1) is 20.8. The summed E-state index contributed by atoms with van der Waals surface area (Å²) in [5, 5.41) is 3.01. The maximum absolute atomic E-state index is 14.3. The van der Waals surface area contributed by atoms with Crippen LogP contribution in [0.25, 0.3) is 11.1 Å². The van der Waals surface area contributed by atoms with E-state index >= 15 is 0 Å². The van der Waals surface area contributed by atoms with Gasteiger partial charge in [0.25, 0.3) is 5.91 Å². The molecule has 0 saturated heterocycles. The van der Waals surface area contributed by atoms with Gasteiger partial charge in [-0.25, -0.2) is 4.39 Å². The molecule has 6 heteroatoms. The lowest BCUT2D eigenvalue weighted by Crippen LogP contribution is -2.38. The van der Waals surface area contributed by atoms with E-state index < -0.39 is 0 Å². The van der Waals surface area contributed by atoms with Gasteiger partial charge in [0, 0.05) is 42.7 Å². The summed E-state index contributed by atoms with van der Waals surface area (Å²) in [4.78, 5) is 26.2. The van der Waals surface area contributed by atoms with Crippen LogP contribution in [-0.4, -0.2) is 43.0 Å². The second kappa shape index (κ2) is 9.07. The number of hydrogen-bond acceptors (Lipinski definition) is 3. The van der Waals surface area contributed by atoms with Crippen molar-refractivity contribution in [2.75, 3.05) is 14.2 Å². The van der Waals surface area contributed by atoms with Crippen molar-refractivity contribution >= 4 is 11.8 Å². The summed E-state index contributed by atoms with van der Waals surface area (Å²) in [6.45, 7) is 1.83. The molecule has 2 aromatic carbocycles. The van der Waals surface area contributed by atoms with E-state index in [0.717, 1.165) is 19.3 Å². The van der Waals surface area contributed by atoms with Gasteiger partial charge in [-0.1, -0.05) is 19.1 Å². The van der Waals surface area contributed by atoms with Gasteiger partial charge in [0.05, 0.1) is 7.11 Å². The number of nitrogens with one attached hydrogen (secondary N) is 1. The highest BCUT2D eigenvalue weighted by Gasteiger charge is 2.30. The van der Waals surface area contributed by atoms with Gasteiger partial charge in [-0.3, -0.25) is 9.59 Å². The summed E-state index contributed by atoms with van der Waals surface area (Å²) < 4.78 is 19.3. The van der Waals surface area contributed by atoms with Crippen LogP contribution < -0.4 is 10.1 Å². The number of amides is 2. The number of ether oxygens (including phenoxy) is 1. The number of carbonyl (C=O) groups is 2. The summed E-state index contributed by atoms with van der Waals surface area (Å²) in [6, 6.07) is 11.9. The fraction of sp³-hybridized carbons (Fsp3) is 0.391. The van der Waals surface area contributed by atoms with Gasteiger partial charge in [-0.15, -0.1) is 0 Å². The third-order valence-electron chi connectivity index (χ3n) is 5.58. The maximum Gasteiger partial charge on any atom is 0.253 e. The smallest absolute Gasteiger partial charge is 0.253 e. The van der Waals surface area contributed by atoms with Crippen LogP contribution in [0.3, 0.4) is 0 Å². The molecular formula is C23H27FN2O3. The first-order valence-corrected chi connectivity index (χ1v) is 9.93. The van der Waals surface area contributed by atoms with Gasteiger partial charge in [0.1, 0.15) is 11.6 Å². The standard InChI is InChI=1S/C23H27FN2O3/c1-4-22(27)25-17-9-10-18(13-17)26(2)23(28)16-7-5-15(6-8-16)20-12-11-19(29-3)14-21(20)24/h5-8,11-12,14,17-18H,4,9-10,13H2,1-3H3,(H,25,27). The van der Waals surface area contributed by atoms with Gasteiger partial charge >= 0.3 is 0 Å². The van der Waals surface area contributed by atoms with E-state index in [2.05, 4.69) is 5.32 Å². The molecule has 2 aromatic rings. The summed E-state index contributed by atoms with van der Waals surface area (Å²) in [5.41, 5.74) is 1.72. The number of rotatable bonds is 6. The Kier molecular flexibility index (Phi) is 6.52. The Hall–Kier alpha value is -2.89. The van der Waals surface area contributed by atoms with E-state index in [1.807, 2.05) is 6.92 Å². The van der Waals surface area contributed by atoms with E-state index in [1.54, 1.807) is 48.3 Å². The van der Waals surface area contributed by atoms with Crippen molar-refractivity contribution in [3.8, 4) is 16.9 Å². The number of methoxy groups -OCH3 is 1. The zero-order valence-electron chi connectivity index (χ0n) is 17.1. The second-order valence-electron chi connectivity index (χ2n) is 7.42. The van der Waals surface area contributed by atoms with Crippen molar-refractivity contribution in [1.82, 2.24) is 10.2 Å². The zero-order chi connectivity index (χ0) is 21.0. The lowest BCUT2D eigenvalue weighted by atomic mass is 10.0. The number of carbonyl (C=O) groups excluding carboxylic acids is 2. The summed E-state index contributed by atoms with van der Waals surface area (Å²) >= 11 is 0. The quantitative estimate of drug-likeness (QED) is 0.800. The molecule has 0 aliphatic heterocycles. The van der Waals surface area contributed by atoms with Crippen LogP contribution in [0.15, 0.2) is 42.5 Å². The number of halogens is 1. The zero-order valence-corrected chi connectivity index (χ0v) is 17.1. The number of nitrogens with zero attached hydrogens (tertiary/aromatic N) is 1. The van der Waals surface area contributed by atoms with Crippen LogP contribution >= 0.6 is 0 Å². The van der Waals surface area contributed by atoms with Crippen molar-refractivity contribution in [2.24, 2.45) is 0 Å². The molecule has 0 heterocycles. The molecule has 5 nitrogen and oxygen atoms in total. The molecule has 3 rings (SSSR count). The average molecular weight is 398 g/mol. The SMILES string of the molecule is CCC(=O)NC1CCC(N(C)C(=O)c2ccc(-c3ccc(OC)cc3F)cc2)C1. The fourth-order valence-electron chi connectivity index (χ4n) is 3.79. The van der Waals surface area contributed by atoms with E-state index in [9.17, 15) is 14.0 Å². The molecule has 2 atom stereocenters. The first-order valence-electron chi connectivity index (χ1n) is 9.93. The van der Waals surface area contributed by atoms with Gasteiger partial charge in [0.15, 0.2) is 0 Å². The van der Waals surface area contributed by atoms with Crippen LogP contribution in [0, 0.1) is 5.82 Å². The minimum Gasteiger partial charge on any atom is -0.497 e. The van der Waals surface area contributed by atoms with Crippen molar-refractivity contribution in [2.45, 2.75) is 44.7 Å². The van der Waals surface area contributed by atoms with E-state index in [0.29, 0.717) is 28.9 Å². The number of hydrogen-bond donors (Lipinski definition) is 1. The molecule has 1 fully saturated rings. The van der Waals surface area contributed by atoms with Crippen LogP contribution in [0.4, 0.5) is 4.39 Å². The summed E-state index contributed by atoms with van der Waals surface area (Å²) in [5.74, 6) is 0.0709. The van der Waals surface area contributed by atoms with Crippen molar-refractivity contribution < 1.29 is 18.7 Å². The van der Waals surface area contributed by atoms with Gasteiger partial charge in [-0.2, -0.15) is 0 Å². The highest BCUT2D eigenvalue weighted by Crippen LogP contribution is 2.28. The Morgan fingerprint density at radius 2 is 1.90 bits per heavy atom. The Morgan fingerprint density at radius 3 is 2.52 bits per heavy atom. The third-order valence-corrected chi connectivity index (χ3v) is 5.58. The van der Waals surface area contributed by atoms with Crippen LogP contribution in [0.2, 0.25) is 0 Å². The topological polar surface area (TPSA) is 58.6 Å². The Morgan fingerprint density at radius 1 is 1.17 bits per heavy atom. The van der Waals surface area contributed by atoms with E-state index in [4.69, 9.17) is 4.74 Å². The molecule has 154 valence electrons. The fourth-order valence-corrected chi connectivity index (χ4v) is 3.79. The highest BCUT2D eigenvalue weighted by atomic mass is 19.1. The Balaban J connectivity index is 1.67. The minimum atomic E-state index is -0.369. The Bertz CT molecular complexity index is 882. The first-order chi connectivity index (χ1) is 13.9. The highest BCUT2D eigenvalue weighted by molar-refractivity contribution is 5.94. The van der Waals surface area contributed by atoms with E-state index in [-0.39, 0.29) is 29.7 Å². The predicted molar refractivity (Wildman–Crippen MR) is 110 cm³/mol. The lowest BCUT2D eigenvalue weighted by molar-refractivity contribution is -0.121. The van der Waals surface area contributed by atoms with Crippen molar-refractivity contribution in [3.05, 3.63) is 53.8 Å². The molecular weight excluding hydrogens is 371 g/mol. The molecule has 1 saturated carbocycles. The molecule has 2 amide bonds.